The average Bonchev–Trinajstić information content (AvgIpc) is 2.72. The van der Waals surface area contributed by atoms with E-state index in [0.717, 1.165) is 12.3 Å². The van der Waals surface area contributed by atoms with Crippen LogP contribution < -0.4 is 5.32 Å². The summed E-state index contributed by atoms with van der Waals surface area (Å²) in [6, 6.07) is 4.29. The molecule has 0 bridgehead atoms. The molecule has 1 N–H and O–H groups in total. The Morgan fingerprint density at radius 3 is 2.79 bits per heavy atom. The van der Waals surface area contributed by atoms with E-state index in [4.69, 9.17) is 16.0 Å². The highest BCUT2D eigenvalue weighted by Crippen LogP contribution is 2.33. The van der Waals surface area contributed by atoms with Crippen LogP contribution in [0.1, 0.15) is 32.4 Å². The van der Waals surface area contributed by atoms with Gasteiger partial charge in [-0.05, 0) is 43.1 Å². The summed E-state index contributed by atoms with van der Waals surface area (Å²) < 4.78 is 5.49. The van der Waals surface area contributed by atoms with Crippen molar-refractivity contribution in [2.75, 3.05) is 6.54 Å². The molecule has 3 heteroatoms. The lowest BCUT2D eigenvalue weighted by Gasteiger charge is -2.29. The molecule has 1 aromatic heterocycles. The first kappa shape index (κ1) is 10.1. The minimum absolute atomic E-state index is 0.0314. The zero-order valence-corrected chi connectivity index (χ0v) is 9.40. The van der Waals surface area contributed by atoms with Crippen LogP contribution in [0.5, 0.6) is 0 Å². The highest BCUT2D eigenvalue weighted by Gasteiger charge is 2.35. The maximum Gasteiger partial charge on any atom is 0.193 e. The van der Waals surface area contributed by atoms with E-state index in [1.807, 2.05) is 12.1 Å². The molecule has 1 unspecified atom stereocenters. The second kappa shape index (κ2) is 3.59. The number of halogens is 1. The Bertz CT molecular complexity index is 313. The van der Waals surface area contributed by atoms with Crippen LogP contribution in [0.3, 0.4) is 0 Å². The maximum absolute atomic E-state index is 5.79. The largest absolute Gasteiger partial charge is 0.449 e. The van der Waals surface area contributed by atoms with E-state index in [2.05, 4.69) is 19.2 Å². The molecule has 1 aliphatic heterocycles. The quantitative estimate of drug-likeness (QED) is 0.817. The van der Waals surface area contributed by atoms with Gasteiger partial charge in [-0.2, -0.15) is 0 Å². The first-order chi connectivity index (χ1) is 6.60. The number of furan rings is 1. The Balaban J connectivity index is 2.22. The lowest BCUT2D eigenvalue weighted by molar-refractivity contribution is 0.309. The fourth-order valence-corrected chi connectivity index (χ4v) is 2.28. The van der Waals surface area contributed by atoms with Crippen LogP contribution in [0, 0.1) is 0 Å². The monoisotopic (exact) mass is 213 g/mol. The van der Waals surface area contributed by atoms with Gasteiger partial charge in [0.1, 0.15) is 5.76 Å². The molecule has 78 valence electrons. The molecule has 0 saturated carbocycles. The summed E-state index contributed by atoms with van der Waals surface area (Å²) in [5.41, 5.74) is 0.0314. The molecule has 0 radical (unpaired) electrons. The van der Waals surface area contributed by atoms with E-state index in [1.165, 1.54) is 12.8 Å². The average molecular weight is 214 g/mol. The van der Waals surface area contributed by atoms with Crippen LogP contribution >= 0.6 is 11.6 Å². The van der Waals surface area contributed by atoms with Crippen LogP contribution in [-0.4, -0.2) is 12.6 Å². The van der Waals surface area contributed by atoms with Crippen molar-refractivity contribution < 1.29 is 4.42 Å². The molecule has 0 aromatic carbocycles. The third-order valence-electron chi connectivity index (χ3n) is 3.14. The third-order valence-corrected chi connectivity index (χ3v) is 3.34. The van der Waals surface area contributed by atoms with Gasteiger partial charge in [0.2, 0.25) is 0 Å². The lowest BCUT2D eigenvalue weighted by atomic mass is 9.81. The van der Waals surface area contributed by atoms with E-state index in [1.54, 1.807) is 0 Å². The summed E-state index contributed by atoms with van der Waals surface area (Å²) in [6.45, 7) is 5.51. The summed E-state index contributed by atoms with van der Waals surface area (Å²) in [7, 11) is 0. The number of hydrogen-bond acceptors (Lipinski definition) is 2. The molecule has 14 heavy (non-hydrogen) atoms. The van der Waals surface area contributed by atoms with E-state index >= 15 is 0 Å². The van der Waals surface area contributed by atoms with Gasteiger partial charge in [-0.15, -0.1) is 0 Å². The Morgan fingerprint density at radius 2 is 2.29 bits per heavy atom. The van der Waals surface area contributed by atoms with Crippen molar-refractivity contribution in [1.29, 1.82) is 0 Å². The molecule has 2 heterocycles. The second-order valence-electron chi connectivity index (χ2n) is 4.47. The third kappa shape index (κ3) is 1.69. The molecule has 2 rings (SSSR count). The van der Waals surface area contributed by atoms with Crippen LogP contribution in [0.25, 0.3) is 0 Å². The number of hydrogen-bond donors (Lipinski definition) is 1. The fraction of sp³-hybridized carbons (Fsp3) is 0.636. The van der Waals surface area contributed by atoms with Crippen molar-refractivity contribution in [3.8, 4) is 0 Å². The maximum atomic E-state index is 5.79. The Morgan fingerprint density at radius 1 is 1.50 bits per heavy atom. The lowest BCUT2D eigenvalue weighted by Crippen LogP contribution is -2.40. The van der Waals surface area contributed by atoms with Gasteiger partial charge >= 0.3 is 0 Å². The Hall–Kier alpha value is -0.470. The Kier molecular flexibility index (Phi) is 2.58. The summed E-state index contributed by atoms with van der Waals surface area (Å²) in [6.07, 6.45) is 2.47. The van der Waals surface area contributed by atoms with Crippen molar-refractivity contribution in [3.05, 3.63) is 23.1 Å². The van der Waals surface area contributed by atoms with Crippen LogP contribution in [0.15, 0.2) is 16.5 Å². The normalized spacial score (nSPS) is 22.9. The topological polar surface area (TPSA) is 25.2 Å². The van der Waals surface area contributed by atoms with E-state index in [9.17, 15) is 0 Å². The molecule has 0 aliphatic carbocycles. The molecule has 2 nitrogen and oxygen atoms in total. The summed E-state index contributed by atoms with van der Waals surface area (Å²) in [4.78, 5) is 0. The number of rotatable bonds is 2. The zero-order chi connectivity index (χ0) is 10.2. The van der Waals surface area contributed by atoms with Gasteiger partial charge in [-0.1, -0.05) is 13.8 Å². The molecule has 0 spiro atoms. The molecule has 1 fully saturated rings. The predicted octanol–water partition coefficient (Wildman–Crippen LogP) is 2.96. The molecule has 1 atom stereocenters. The van der Waals surface area contributed by atoms with Crippen LogP contribution in [0.4, 0.5) is 0 Å². The minimum Gasteiger partial charge on any atom is -0.449 e. The molecule has 1 aliphatic rings. The van der Waals surface area contributed by atoms with Crippen LogP contribution in [-0.2, 0) is 5.41 Å². The highest BCUT2D eigenvalue weighted by molar-refractivity contribution is 6.28. The predicted molar refractivity (Wildman–Crippen MR) is 57.8 cm³/mol. The fourth-order valence-electron chi connectivity index (χ4n) is 2.13. The van der Waals surface area contributed by atoms with Crippen LogP contribution in [0.2, 0.25) is 5.22 Å². The zero-order valence-electron chi connectivity index (χ0n) is 8.64. The van der Waals surface area contributed by atoms with Gasteiger partial charge in [-0.3, -0.25) is 0 Å². The van der Waals surface area contributed by atoms with Crippen molar-refractivity contribution >= 4 is 11.6 Å². The van der Waals surface area contributed by atoms with Gasteiger partial charge in [0.25, 0.3) is 0 Å². The number of nitrogens with one attached hydrogen (secondary N) is 1. The van der Waals surface area contributed by atoms with Gasteiger partial charge < -0.3 is 9.73 Å². The van der Waals surface area contributed by atoms with E-state index < -0.39 is 0 Å². The summed E-state index contributed by atoms with van der Waals surface area (Å²) in [5.74, 6) is 0.974. The molecular formula is C11H16ClNO. The minimum atomic E-state index is 0.0314. The molecule has 1 aromatic rings. The smallest absolute Gasteiger partial charge is 0.193 e. The highest BCUT2D eigenvalue weighted by atomic mass is 35.5. The summed E-state index contributed by atoms with van der Waals surface area (Å²) >= 11 is 5.79. The summed E-state index contributed by atoms with van der Waals surface area (Å²) in [5, 5.41) is 3.98. The van der Waals surface area contributed by atoms with Gasteiger partial charge in [0.05, 0.1) is 0 Å². The standard InChI is InChI=1S/C11H16ClNO/c1-11(2,8-4-3-7-13-8)9-5-6-10(12)14-9/h5-6,8,13H,3-4,7H2,1-2H3. The first-order valence-electron chi connectivity index (χ1n) is 5.10. The molecule has 0 amide bonds. The first-order valence-corrected chi connectivity index (χ1v) is 5.48. The van der Waals surface area contributed by atoms with Crippen molar-refractivity contribution in [2.24, 2.45) is 0 Å². The second-order valence-corrected chi connectivity index (χ2v) is 4.85. The van der Waals surface area contributed by atoms with E-state index in [0.29, 0.717) is 11.3 Å². The van der Waals surface area contributed by atoms with Crippen molar-refractivity contribution in [1.82, 2.24) is 5.32 Å². The van der Waals surface area contributed by atoms with Gasteiger partial charge in [0.15, 0.2) is 5.22 Å². The van der Waals surface area contributed by atoms with Gasteiger partial charge in [-0.25, -0.2) is 0 Å². The van der Waals surface area contributed by atoms with Crippen molar-refractivity contribution in [2.45, 2.75) is 38.1 Å². The van der Waals surface area contributed by atoms with Crippen molar-refractivity contribution in [3.63, 3.8) is 0 Å². The Labute approximate surface area is 89.6 Å². The SMILES string of the molecule is CC(C)(c1ccc(Cl)o1)C1CCCN1. The van der Waals surface area contributed by atoms with Gasteiger partial charge in [0, 0.05) is 11.5 Å². The molecule has 1 saturated heterocycles. The van der Waals surface area contributed by atoms with E-state index in [-0.39, 0.29) is 5.41 Å². The molecular weight excluding hydrogens is 198 g/mol.